The lowest BCUT2D eigenvalue weighted by molar-refractivity contribution is -0.120. The SMILES string of the molecule is CCNCc1c(N(CC(F)(F)F)C2CC2)nc2sccn12. The van der Waals surface area contributed by atoms with E-state index in [1.54, 1.807) is 0 Å². The van der Waals surface area contributed by atoms with E-state index in [1.165, 1.54) is 16.2 Å². The van der Waals surface area contributed by atoms with Crippen LogP contribution in [-0.2, 0) is 6.54 Å². The molecule has 1 saturated carbocycles. The molecule has 0 spiro atoms. The summed E-state index contributed by atoms with van der Waals surface area (Å²) in [5.41, 5.74) is 0.809. The second-order valence-corrected chi connectivity index (χ2v) is 6.07. The normalized spacial score (nSPS) is 15.8. The zero-order chi connectivity index (χ0) is 15.0. The van der Waals surface area contributed by atoms with Crippen LogP contribution in [0.2, 0.25) is 0 Å². The van der Waals surface area contributed by atoms with Gasteiger partial charge in [-0.25, -0.2) is 4.98 Å². The van der Waals surface area contributed by atoms with Gasteiger partial charge < -0.3 is 10.2 Å². The van der Waals surface area contributed by atoms with Gasteiger partial charge in [-0.3, -0.25) is 4.40 Å². The summed E-state index contributed by atoms with van der Waals surface area (Å²) in [5.74, 6) is 0.475. The number of nitrogens with zero attached hydrogens (tertiary/aromatic N) is 3. The lowest BCUT2D eigenvalue weighted by Gasteiger charge is -2.25. The first-order valence-electron chi connectivity index (χ1n) is 6.98. The van der Waals surface area contributed by atoms with Crippen molar-refractivity contribution in [1.82, 2.24) is 14.7 Å². The highest BCUT2D eigenvalue weighted by atomic mass is 32.1. The molecule has 2 aromatic rings. The molecule has 21 heavy (non-hydrogen) atoms. The highest BCUT2D eigenvalue weighted by molar-refractivity contribution is 7.15. The van der Waals surface area contributed by atoms with Crippen molar-refractivity contribution in [2.45, 2.75) is 38.5 Å². The van der Waals surface area contributed by atoms with Gasteiger partial charge in [0.05, 0.1) is 5.69 Å². The Balaban J connectivity index is 1.97. The number of aromatic nitrogens is 2. The van der Waals surface area contributed by atoms with Crippen molar-refractivity contribution in [3.63, 3.8) is 0 Å². The summed E-state index contributed by atoms with van der Waals surface area (Å²) in [6.45, 7) is 2.33. The summed E-state index contributed by atoms with van der Waals surface area (Å²) in [7, 11) is 0. The van der Waals surface area contributed by atoms with E-state index in [9.17, 15) is 13.2 Å². The molecular formula is C13H17F3N4S. The number of hydrogen-bond donors (Lipinski definition) is 1. The Morgan fingerprint density at radius 1 is 1.48 bits per heavy atom. The summed E-state index contributed by atoms with van der Waals surface area (Å²) in [5, 5.41) is 5.08. The highest BCUT2D eigenvalue weighted by Gasteiger charge is 2.40. The fourth-order valence-corrected chi connectivity index (χ4v) is 3.14. The third-order valence-corrected chi connectivity index (χ3v) is 4.25. The molecule has 3 rings (SSSR count). The van der Waals surface area contributed by atoms with E-state index in [-0.39, 0.29) is 6.04 Å². The van der Waals surface area contributed by atoms with Crippen LogP contribution in [0.3, 0.4) is 0 Å². The Morgan fingerprint density at radius 3 is 2.86 bits per heavy atom. The van der Waals surface area contributed by atoms with E-state index < -0.39 is 12.7 Å². The molecule has 1 fully saturated rings. The van der Waals surface area contributed by atoms with Crippen molar-refractivity contribution in [2.24, 2.45) is 0 Å². The molecule has 2 aromatic heterocycles. The van der Waals surface area contributed by atoms with Crippen LogP contribution in [0, 0.1) is 0 Å². The summed E-state index contributed by atoms with van der Waals surface area (Å²) in [6, 6.07) is -0.0309. The Kier molecular flexibility index (Phi) is 3.83. The third-order valence-electron chi connectivity index (χ3n) is 3.49. The Hall–Kier alpha value is -1.28. The van der Waals surface area contributed by atoms with E-state index in [2.05, 4.69) is 10.3 Å². The van der Waals surface area contributed by atoms with Crippen molar-refractivity contribution in [2.75, 3.05) is 18.0 Å². The molecule has 0 unspecified atom stereocenters. The zero-order valence-corrected chi connectivity index (χ0v) is 12.5. The maximum absolute atomic E-state index is 12.9. The lowest BCUT2D eigenvalue weighted by atomic mass is 10.3. The molecule has 1 N–H and O–H groups in total. The summed E-state index contributed by atoms with van der Waals surface area (Å²) >= 11 is 1.44. The topological polar surface area (TPSA) is 32.6 Å². The fourth-order valence-electron chi connectivity index (χ4n) is 2.42. The quantitative estimate of drug-likeness (QED) is 0.888. The third kappa shape index (κ3) is 3.16. The molecule has 1 aliphatic rings. The fraction of sp³-hybridized carbons (Fsp3) is 0.615. The van der Waals surface area contributed by atoms with E-state index in [1.807, 2.05) is 22.9 Å². The van der Waals surface area contributed by atoms with Gasteiger partial charge in [-0.15, -0.1) is 11.3 Å². The number of nitrogens with one attached hydrogen (secondary N) is 1. The predicted molar refractivity (Wildman–Crippen MR) is 76.9 cm³/mol. The number of imidazole rings is 1. The van der Waals surface area contributed by atoms with Gasteiger partial charge in [0, 0.05) is 24.2 Å². The van der Waals surface area contributed by atoms with Gasteiger partial charge in [0.15, 0.2) is 10.8 Å². The standard InChI is InChI=1S/C13H17F3N4S/c1-2-17-7-10-11(18-12-19(10)5-6-21-12)20(9-3-4-9)8-13(14,15)16/h5-6,9,17H,2-4,7-8H2,1H3. The van der Waals surface area contributed by atoms with Crippen LogP contribution >= 0.6 is 11.3 Å². The van der Waals surface area contributed by atoms with Gasteiger partial charge in [-0.2, -0.15) is 13.2 Å². The molecular weight excluding hydrogens is 301 g/mol. The van der Waals surface area contributed by atoms with Crippen LogP contribution in [0.1, 0.15) is 25.5 Å². The molecule has 0 radical (unpaired) electrons. The Labute approximate surface area is 124 Å². The van der Waals surface area contributed by atoms with Gasteiger partial charge in [-0.05, 0) is 19.4 Å². The van der Waals surface area contributed by atoms with E-state index in [4.69, 9.17) is 0 Å². The monoisotopic (exact) mass is 318 g/mol. The van der Waals surface area contributed by atoms with Crippen molar-refractivity contribution in [1.29, 1.82) is 0 Å². The summed E-state index contributed by atoms with van der Waals surface area (Å²) in [4.78, 5) is 6.60. The number of hydrogen-bond acceptors (Lipinski definition) is 4. The van der Waals surface area contributed by atoms with Crippen LogP contribution < -0.4 is 10.2 Å². The van der Waals surface area contributed by atoms with Crippen molar-refractivity contribution in [3.8, 4) is 0 Å². The maximum atomic E-state index is 12.9. The van der Waals surface area contributed by atoms with E-state index in [0.717, 1.165) is 30.0 Å². The molecule has 0 saturated heterocycles. The number of thiazole rings is 1. The maximum Gasteiger partial charge on any atom is 0.405 e. The number of anilines is 1. The molecule has 0 bridgehead atoms. The zero-order valence-electron chi connectivity index (χ0n) is 11.7. The van der Waals surface area contributed by atoms with E-state index in [0.29, 0.717) is 12.4 Å². The first-order valence-corrected chi connectivity index (χ1v) is 7.86. The van der Waals surface area contributed by atoms with Gasteiger partial charge in [-0.1, -0.05) is 6.92 Å². The Bertz CT molecular complexity index is 614. The average molecular weight is 318 g/mol. The molecule has 8 heteroatoms. The number of halogens is 3. The summed E-state index contributed by atoms with van der Waals surface area (Å²) < 4.78 is 40.4. The Morgan fingerprint density at radius 2 is 2.24 bits per heavy atom. The minimum atomic E-state index is -4.21. The predicted octanol–water partition coefficient (Wildman–Crippen LogP) is 3.04. The van der Waals surface area contributed by atoms with Crippen molar-refractivity contribution >= 4 is 22.1 Å². The second-order valence-electron chi connectivity index (χ2n) is 5.19. The molecule has 0 amide bonds. The minimum Gasteiger partial charge on any atom is -0.343 e. The number of fused-ring (bicyclic) bond motifs is 1. The van der Waals surface area contributed by atoms with E-state index >= 15 is 0 Å². The van der Waals surface area contributed by atoms with Crippen LogP contribution in [0.5, 0.6) is 0 Å². The van der Waals surface area contributed by atoms with Gasteiger partial charge in [0.25, 0.3) is 0 Å². The van der Waals surface area contributed by atoms with Crippen LogP contribution in [-0.4, -0.2) is 34.7 Å². The molecule has 0 aliphatic heterocycles. The first kappa shape index (κ1) is 14.6. The molecule has 1 aliphatic carbocycles. The molecule has 0 aromatic carbocycles. The van der Waals surface area contributed by atoms with Crippen molar-refractivity contribution < 1.29 is 13.2 Å². The molecule has 0 atom stereocenters. The molecule has 4 nitrogen and oxygen atoms in total. The largest absolute Gasteiger partial charge is 0.405 e. The first-order chi connectivity index (χ1) is 9.99. The lowest BCUT2D eigenvalue weighted by Crippen LogP contribution is -2.37. The minimum absolute atomic E-state index is 0.0309. The van der Waals surface area contributed by atoms with Gasteiger partial charge >= 0.3 is 6.18 Å². The van der Waals surface area contributed by atoms with Crippen LogP contribution in [0.25, 0.3) is 4.96 Å². The van der Waals surface area contributed by atoms with Gasteiger partial charge in [0.1, 0.15) is 6.54 Å². The number of alkyl halides is 3. The smallest absolute Gasteiger partial charge is 0.343 e. The average Bonchev–Trinajstić information content (AvgIpc) is 3.04. The number of rotatable bonds is 6. The van der Waals surface area contributed by atoms with Crippen LogP contribution in [0.4, 0.5) is 19.0 Å². The summed E-state index contributed by atoms with van der Waals surface area (Å²) in [6.07, 6.45) is -0.735. The second kappa shape index (κ2) is 5.49. The van der Waals surface area contributed by atoms with Gasteiger partial charge in [0.2, 0.25) is 0 Å². The highest BCUT2D eigenvalue weighted by Crippen LogP contribution is 2.36. The molecule has 2 heterocycles. The van der Waals surface area contributed by atoms with Crippen molar-refractivity contribution in [3.05, 3.63) is 17.3 Å². The van der Waals surface area contributed by atoms with Crippen LogP contribution in [0.15, 0.2) is 11.6 Å². The molecule has 116 valence electrons.